The van der Waals surface area contributed by atoms with Crippen LogP contribution in [0.25, 0.3) is 0 Å². The molecule has 19 heavy (non-hydrogen) atoms. The van der Waals surface area contributed by atoms with E-state index in [1.807, 2.05) is 33.8 Å². The molecule has 2 atom stereocenters. The lowest BCUT2D eigenvalue weighted by molar-refractivity contribution is -0.135. The Hall–Kier alpha value is -1.55. The summed E-state index contributed by atoms with van der Waals surface area (Å²) in [5, 5.41) is 9.52. The van der Waals surface area contributed by atoms with Gasteiger partial charge in [-0.25, -0.2) is 0 Å². The van der Waals surface area contributed by atoms with E-state index in [-0.39, 0.29) is 23.6 Å². The Morgan fingerprint density at radius 3 is 2.47 bits per heavy atom. The third kappa shape index (κ3) is 3.70. The number of amides is 1. The lowest BCUT2D eigenvalue weighted by atomic mass is 10.0. The zero-order chi connectivity index (χ0) is 14.6. The number of nitrogens with two attached hydrogens (primary N) is 1. The van der Waals surface area contributed by atoms with E-state index in [0.29, 0.717) is 6.54 Å². The highest BCUT2D eigenvalue weighted by Crippen LogP contribution is 2.24. The van der Waals surface area contributed by atoms with Crippen molar-refractivity contribution in [3.63, 3.8) is 0 Å². The van der Waals surface area contributed by atoms with E-state index in [9.17, 15) is 9.90 Å². The normalized spacial score (nSPS) is 14.2. The molecule has 0 aliphatic heterocycles. The molecule has 0 saturated carbocycles. The molecule has 0 aliphatic rings. The van der Waals surface area contributed by atoms with E-state index in [1.165, 1.54) is 0 Å². The Balaban J connectivity index is 2.94. The van der Waals surface area contributed by atoms with Crippen LogP contribution in [0.15, 0.2) is 24.3 Å². The SMILES string of the molecule is CCN(C(=O)C(N)C(C)C)C(C)c1cccc(O)c1. The molecule has 1 amide bonds. The first-order chi connectivity index (χ1) is 8.88. The van der Waals surface area contributed by atoms with Crippen LogP contribution >= 0.6 is 0 Å². The zero-order valence-electron chi connectivity index (χ0n) is 12.1. The van der Waals surface area contributed by atoms with Crippen LogP contribution in [-0.2, 0) is 4.79 Å². The van der Waals surface area contributed by atoms with Gasteiger partial charge in [0.15, 0.2) is 0 Å². The predicted octanol–water partition coefficient (Wildman–Crippen LogP) is 2.28. The van der Waals surface area contributed by atoms with Crippen molar-refractivity contribution >= 4 is 5.91 Å². The summed E-state index contributed by atoms with van der Waals surface area (Å²) < 4.78 is 0. The van der Waals surface area contributed by atoms with Crippen molar-refractivity contribution in [1.82, 2.24) is 4.90 Å². The highest BCUT2D eigenvalue weighted by Gasteiger charge is 2.26. The summed E-state index contributed by atoms with van der Waals surface area (Å²) in [4.78, 5) is 14.1. The number of benzene rings is 1. The molecule has 0 aliphatic carbocycles. The van der Waals surface area contributed by atoms with Crippen molar-refractivity contribution in [1.29, 1.82) is 0 Å². The van der Waals surface area contributed by atoms with E-state index >= 15 is 0 Å². The number of nitrogens with zero attached hydrogens (tertiary/aromatic N) is 1. The quantitative estimate of drug-likeness (QED) is 0.857. The molecule has 3 N–H and O–H groups in total. The van der Waals surface area contributed by atoms with Crippen molar-refractivity contribution < 1.29 is 9.90 Å². The molecule has 2 unspecified atom stereocenters. The number of likely N-dealkylation sites (N-methyl/N-ethyl adjacent to an activating group) is 1. The maximum Gasteiger partial charge on any atom is 0.240 e. The van der Waals surface area contributed by atoms with Crippen LogP contribution in [0.5, 0.6) is 5.75 Å². The molecule has 0 radical (unpaired) electrons. The lowest BCUT2D eigenvalue weighted by Gasteiger charge is -2.31. The topological polar surface area (TPSA) is 66.6 Å². The molecular weight excluding hydrogens is 240 g/mol. The first kappa shape index (κ1) is 15.5. The fourth-order valence-electron chi connectivity index (χ4n) is 2.06. The van der Waals surface area contributed by atoms with E-state index in [2.05, 4.69) is 0 Å². The Kier molecular flexibility index (Phi) is 5.36. The largest absolute Gasteiger partial charge is 0.508 e. The van der Waals surface area contributed by atoms with Gasteiger partial charge in [-0.2, -0.15) is 0 Å². The van der Waals surface area contributed by atoms with Crippen molar-refractivity contribution in [2.75, 3.05) is 6.54 Å². The lowest BCUT2D eigenvalue weighted by Crippen LogP contribution is -2.47. The highest BCUT2D eigenvalue weighted by atomic mass is 16.3. The number of carbonyl (C=O) groups is 1. The van der Waals surface area contributed by atoms with Crippen molar-refractivity contribution in [3.8, 4) is 5.75 Å². The Labute approximate surface area is 115 Å². The maximum atomic E-state index is 12.4. The molecule has 0 spiro atoms. The first-order valence-corrected chi connectivity index (χ1v) is 6.73. The van der Waals surface area contributed by atoms with E-state index < -0.39 is 6.04 Å². The van der Waals surface area contributed by atoms with Gasteiger partial charge < -0.3 is 15.7 Å². The molecule has 1 rings (SSSR count). The van der Waals surface area contributed by atoms with Crippen LogP contribution in [0.4, 0.5) is 0 Å². The first-order valence-electron chi connectivity index (χ1n) is 6.73. The third-order valence-electron chi connectivity index (χ3n) is 3.45. The molecule has 0 fully saturated rings. The van der Waals surface area contributed by atoms with E-state index in [1.54, 1.807) is 23.1 Å². The maximum absolute atomic E-state index is 12.4. The van der Waals surface area contributed by atoms with Gasteiger partial charge in [0, 0.05) is 6.54 Å². The van der Waals surface area contributed by atoms with Crippen LogP contribution < -0.4 is 5.73 Å². The minimum absolute atomic E-state index is 0.0478. The molecule has 4 heteroatoms. The van der Waals surface area contributed by atoms with Crippen LogP contribution in [0.2, 0.25) is 0 Å². The van der Waals surface area contributed by atoms with Crippen LogP contribution in [0.3, 0.4) is 0 Å². The van der Waals surface area contributed by atoms with Crippen molar-refractivity contribution in [3.05, 3.63) is 29.8 Å². The van der Waals surface area contributed by atoms with Gasteiger partial charge in [0.25, 0.3) is 0 Å². The summed E-state index contributed by atoms with van der Waals surface area (Å²) in [7, 11) is 0. The van der Waals surface area contributed by atoms with Gasteiger partial charge in [0.05, 0.1) is 12.1 Å². The van der Waals surface area contributed by atoms with Gasteiger partial charge >= 0.3 is 0 Å². The van der Waals surface area contributed by atoms with Gasteiger partial charge in [-0.15, -0.1) is 0 Å². The highest BCUT2D eigenvalue weighted by molar-refractivity contribution is 5.82. The predicted molar refractivity (Wildman–Crippen MR) is 76.7 cm³/mol. The van der Waals surface area contributed by atoms with Gasteiger partial charge in [-0.05, 0) is 37.5 Å². The Morgan fingerprint density at radius 2 is 2.00 bits per heavy atom. The Morgan fingerprint density at radius 1 is 1.37 bits per heavy atom. The molecule has 0 saturated heterocycles. The number of aromatic hydroxyl groups is 1. The molecule has 106 valence electrons. The molecular formula is C15H24N2O2. The fourth-order valence-corrected chi connectivity index (χ4v) is 2.06. The number of hydrogen-bond donors (Lipinski definition) is 2. The molecule has 1 aromatic carbocycles. The summed E-state index contributed by atoms with van der Waals surface area (Å²) in [6.07, 6.45) is 0. The van der Waals surface area contributed by atoms with Crippen molar-refractivity contribution in [2.45, 2.75) is 39.8 Å². The van der Waals surface area contributed by atoms with E-state index in [0.717, 1.165) is 5.56 Å². The summed E-state index contributed by atoms with van der Waals surface area (Å²) in [6, 6.07) is 6.40. The number of carbonyl (C=O) groups excluding carboxylic acids is 1. The average Bonchev–Trinajstić information content (AvgIpc) is 2.38. The van der Waals surface area contributed by atoms with Crippen molar-refractivity contribution in [2.24, 2.45) is 11.7 Å². The van der Waals surface area contributed by atoms with Crippen LogP contribution in [0, 0.1) is 5.92 Å². The summed E-state index contributed by atoms with van der Waals surface area (Å²) >= 11 is 0. The minimum atomic E-state index is -0.486. The minimum Gasteiger partial charge on any atom is -0.508 e. The standard InChI is InChI=1S/C15H24N2O2/c1-5-17(15(19)14(16)10(2)3)11(4)12-7-6-8-13(18)9-12/h6-11,14,18H,5,16H2,1-4H3. The summed E-state index contributed by atoms with van der Waals surface area (Å²) in [5.41, 5.74) is 6.85. The summed E-state index contributed by atoms with van der Waals surface area (Å²) in [5.74, 6) is 0.271. The molecule has 1 aromatic rings. The molecule has 4 nitrogen and oxygen atoms in total. The number of hydrogen-bond acceptors (Lipinski definition) is 3. The summed E-state index contributed by atoms with van der Waals surface area (Å²) in [6.45, 7) is 8.36. The molecule has 0 heterocycles. The smallest absolute Gasteiger partial charge is 0.240 e. The van der Waals surface area contributed by atoms with Crippen LogP contribution in [-0.4, -0.2) is 28.5 Å². The van der Waals surface area contributed by atoms with Gasteiger partial charge in [-0.3, -0.25) is 4.79 Å². The monoisotopic (exact) mass is 264 g/mol. The fraction of sp³-hybridized carbons (Fsp3) is 0.533. The third-order valence-corrected chi connectivity index (χ3v) is 3.45. The second kappa shape index (κ2) is 6.57. The molecule has 0 aromatic heterocycles. The zero-order valence-corrected chi connectivity index (χ0v) is 12.1. The van der Waals surface area contributed by atoms with Gasteiger partial charge in [0.2, 0.25) is 5.91 Å². The second-order valence-electron chi connectivity index (χ2n) is 5.17. The average molecular weight is 264 g/mol. The van der Waals surface area contributed by atoms with E-state index in [4.69, 9.17) is 5.73 Å². The molecule has 0 bridgehead atoms. The number of rotatable bonds is 5. The number of phenols is 1. The number of phenolic OH excluding ortho intramolecular Hbond substituents is 1. The van der Waals surface area contributed by atoms with Crippen LogP contribution in [0.1, 0.15) is 39.3 Å². The Bertz CT molecular complexity index is 432. The second-order valence-corrected chi connectivity index (χ2v) is 5.17. The van der Waals surface area contributed by atoms with Gasteiger partial charge in [0.1, 0.15) is 5.75 Å². The van der Waals surface area contributed by atoms with Gasteiger partial charge in [-0.1, -0.05) is 26.0 Å².